The Labute approximate surface area is 185 Å². The van der Waals surface area contributed by atoms with Gasteiger partial charge in [0.05, 0.1) is 10.2 Å². The SMILES string of the molecule is O=C(NCCc1ccc(O)cc1)c1ccc2nc(NCCCN3CCCC3=O)sc2c1. The molecule has 3 aromatic rings. The van der Waals surface area contributed by atoms with Crippen LogP contribution >= 0.6 is 11.3 Å². The summed E-state index contributed by atoms with van der Waals surface area (Å²) in [7, 11) is 0. The molecule has 1 aliphatic rings. The van der Waals surface area contributed by atoms with E-state index in [0.29, 0.717) is 24.9 Å². The molecule has 0 unspecified atom stereocenters. The van der Waals surface area contributed by atoms with Gasteiger partial charge in [0.1, 0.15) is 5.75 Å². The molecule has 1 aromatic heterocycles. The van der Waals surface area contributed by atoms with Crippen molar-refractivity contribution in [2.24, 2.45) is 0 Å². The van der Waals surface area contributed by atoms with Gasteiger partial charge in [0.2, 0.25) is 5.91 Å². The first kappa shape index (κ1) is 21.1. The molecule has 8 heteroatoms. The van der Waals surface area contributed by atoms with Crippen LogP contribution in [0.5, 0.6) is 5.75 Å². The van der Waals surface area contributed by atoms with Gasteiger partial charge in [-0.2, -0.15) is 0 Å². The minimum atomic E-state index is -0.112. The zero-order chi connectivity index (χ0) is 21.6. The molecule has 2 heterocycles. The lowest BCUT2D eigenvalue weighted by Crippen LogP contribution is -2.26. The highest BCUT2D eigenvalue weighted by Crippen LogP contribution is 2.27. The molecule has 4 rings (SSSR count). The first-order valence-electron chi connectivity index (χ1n) is 10.6. The van der Waals surface area contributed by atoms with Gasteiger partial charge in [-0.1, -0.05) is 23.5 Å². The van der Waals surface area contributed by atoms with Crippen molar-refractivity contribution in [3.63, 3.8) is 0 Å². The number of benzene rings is 2. The summed E-state index contributed by atoms with van der Waals surface area (Å²) in [6.07, 6.45) is 3.23. The highest BCUT2D eigenvalue weighted by atomic mass is 32.1. The Morgan fingerprint density at radius 1 is 1.16 bits per heavy atom. The molecule has 31 heavy (non-hydrogen) atoms. The fourth-order valence-corrected chi connectivity index (χ4v) is 4.56. The molecule has 0 bridgehead atoms. The first-order valence-corrected chi connectivity index (χ1v) is 11.4. The molecule has 7 nitrogen and oxygen atoms in total. The van der Waals surface area contributed by atoms with E-state index < -0.39 is 0 Å². The zero-order valence-corrected chi connectivity index (χ0v) is 18.1. The highest BCUT2D eigenvalue weighted by Gasteiger charge is 2.19. The molecule has 1 saturated heterocycles. The number of fused-ring (bicyclic) bond motifs is 1. The lowest BCUT2D eigenvalue weighted by Gasteiger charge is -2.14. The number of nitrogens with zero attached hydrogens (tertiary/aromatic N) is 2. The summed E-state index contributed by atoms with van der Waals surface area (Å²) >= 11 is 1.53. The van der Waals surface area contributed by atoms with Gasteiger partial charge >= 0.3 is 0 Å². The van der Waals surface area contributed by atoms with Gasteiger partial charge in [-0.05, 0) is 55.2 Å². The Morgan fingerprint density at radius 3 is 2.77 bits per heavy atom. The van der Waals surface area contributed by atoms with Crippen LogP contribution in [-0.2, 0) is 11.2 Å². The van der Waals surface area contributed by atoms with E-state index in [1.807, 2.05) is 29.2 Å². The van der Waals surface area contributed by atoms with Crippen LogP contribution in [0.3, 0.4) is 0 Å². The van der Waals surface area contributed by atoms with Crippen LogP contribution in [0.15, 0.2) is 42.5 Å². The molecule has 1 aliphatic heterocycles. The molecule has 0 atom stereocenters. The maximum Gasteiger partial charge on any atom is 0.251 e. The van der Waals surface area contributed by atoms with Gasteiger partial charge in [-0.3, -0.25) is 9.59 Å². The number of carbonyl (C=O) groups excluding carboxylic acids is 2. The zero-order valence-electron chi connectivity index (χ0n) is 17.3. The molecule has 0 aliphatic carbocycles. The van der Waals surface area contributed by atoms with E-state index in [1.54, 1.807) is 18.2 Å². The van der Waals surface area contributed by atoms with Crippen LogP contribution in [-0.4, -0.2) is 53.0 Å². The molecule has 2 amide bonds. The molecule has 0 saturated carbocycles. The third-order valence-corrected chi connectivity index (χ3v) is 6.31. The number of aromatic hydroxyl groups is 1. The van der Waals surface area contributed by atoms with Crippen molar-refractivity contribution in [1.29, 1.82) is 0 Å². The van der Waals surface area contributed by atoms with Crippen molar-refractivity contribution in [2.45, 2.75) is 25.7 Å². The third kappa shape index (κ3) is 5.52. The average molecular weight is 439 g/mol. The summed E-state index contributed by atoms with van der Waals surface area (Å²) < 4.78 is 0.961. The second kappa shape index (κ2) is 9.78. The molecular weight excluding hydrogens is 412 g/mol. The minimum Gasteiger partial charge on any atom is -0.508 e. The first-order chi connectivity index (χ1) is 15.1. The van der Waals surface area contributed by atoms with Crippen LogP contribution in [0.25, 0.3) is 10.2 Å². The van der Waals surface area contributed by atoms with Crippen LogP contribution in [0.4, 0.5) is 5.13 Å². The second-order valence-electron chi connectivity index (χ2n) is 7.64. The van der Waals surface area contributed by atoms with Gasteiger partial charge < -0.3 is 20.6 Å². The Kier molecular flexibility index (Phi) is 6.66. The molecule has 1 fully saturated rings. The van der Waals surface area contributed by atoms with E-state index in [0.717, 1.165) is 53.4 Å². The lowest BCUT2D eigenvalue weighted by molar-refractivity contribution is -0.127. The van der Waals surface area contributed by atoms with Crippen molar-refractivity contribution in [1.82, 2.24) is 15.2 Å². The van der Waals surface area contributed by atoms with Crippen LogP contribution in [0.2, 0.25) is 0 Å². The molecule has 2 aromatic carbocycles. The van der Waals surface area contributed by atoms with Crippen LogP contribution < -0.4 is 10.6 Å². The van der Waals surface area contributed by atoms with E-state index in [-0.39, 0.29) is 17.6 Å². The predicted octanol–water partition coefficient (Wildman–Crippen LogP) is 3.40. The number of carbonyl (C=O) groups is 2. The summed E-state index contributed by atoms with van der Waals surface area (Å²) in [5.41, 5.74) is 2.53. The summed E-state index contributed by atoms with van der Waals surface area (Å²) in [6.45, 7) is 2.94. The Morgan fingerprint density at radius 2 is 2.00 bits per heavy atom. The smallest absolute Gasteiger partial charge is 0.251 e. The van der Waals surface area contributed by atoms with Crippen molar-refractivity contribution < 1.29 is 14.7 Å². The number of hydrogen-bond acceptors (Lipinski definition) is 6. The number of thiazole rings is 1. The van der Waals surface area contributed by atoms with E-state index in [2.05, 4.69) is 15.6 Å². The topological polar surface area (TPSA) is 94.6 Å². The van der Waals surface area contributed by atoms with Crippen molar-refractivity contribution in [3.05, 3.63) is 53.6 Å². The lowest BCUT2D eigenvalue weighted by atomic mass is 10.1. The number of anilines is 1. The number of nitrogens with one attached hydrogen (secondary N) is 2. The Bertz CT molecular complexity index is 1060. The number of aromatic nitrogens is 1. The van der Waals surface area contributed by atoms with E-state index in [9.17, 15) is 14.7 Å². The Hall–Kier alpha value is -3.13. The van der Waals surface area contributed by atoms with Crippen molar-refractivity contribution in [3.8, 4) is 5.75 Å². The average Bonchev–Trinajstić information content (AvgIpc) is 3.37. The summed E-state index contributed by atoms with van der Waals surface area (Å²) in [5.74, 6) is 0.383. The van der Waals surface area contributed by atoms with Gasteiger partial charge in [0, 0.05) is 38.2 Å². The van der Waals surface area contributed by atoms with Crippen molar-refractivity contribution in [2.75, 3.05) is 31.5 Å². The Balaban J connectivity index is 1.26. The third-order valence-electron chi connectivity index (χ3n) is 5.34. The maximum atomic E-state index is 12.5. The normalized spacial score (nSPS) is 13.7. The predicted molar refractivity (Wildman–Crippen MR) is 123 cm³/mol. The van der Waals surface area contributed by atoms with E-state index >= 15 is 0 Å². The number of rotatable bonds is 9. The quantitative estimate of drug-likeness (QED) is 0.445. The van der Waals surface area contributed by atoms with Crippen LogP contribution in [0, 0.1) is 0 Å². The number of amides is 2. The largest absolute Gasteiger partial charge is 0.508 e. The monoisotopic (exact) mass is 438 g/mol. The molecule has 0 radical (unpaired) electrons. The summed E-state index contributed by atoms with van der Waals surface area (Å²) in [5, 5.41) is 16.4. The van der Waals surface area contributed by atoms with Gasteiger partial charge in [-0.15, -0.1) is 0 Å². The van der Waals surface area contributed by atoms with Crippen molar-refractivity contribution >= 4 is 38.5 Å². The van der Waals surface area contributed by atoms with Gasteiger partial charge in [-0.25, -0.2) is 4.98 Å². The molecule has 3 N–H and O–H groups in total. The van der Waals surface area contributed by atoms with Gasteiger partial charge in [0.15, 0.2) is 5.13 Å². The number of hydrogen-bond donors (Lipinski definition) is 3. The second-order valence-corrected chi connectivity index (χ2v) is 8.67. The fraction of sp³-hybridized carbons (Fsp3) is 0.348. The van der Waals surface area contributed by atoms with Gasteiger partial charge in [0.25, 0.3) is 5.91 Å². The number of phenols is 1. The molecule has 0 spiro atoms. The van der Waals surface area contributed by atoms with Crippen LogP contribution in [0.1, 0.15) is 35.2 Å². The van der Waals surface area contributed by atoms with E-state index in [4.69, 9.17) is 0 Å². The number of likely N-dealkylation sites (tertiary alicyclic amines) is 1. The summed E-state index contributed by atoms with van der Waals surface area (Å²) in [4.78, 5) is 30.6. The molecular formula is C23H26N4O3S. The summed E-state index contributed by atoms with van der Waals surface area (Å²) in [6, 6.07) is 12.5. The highest BCUT2D eigenvalue weighted by molar-refractivity contribution is 7.22. The minimum absolute atomic E-state index is 0.112. The maximum absolute atomic E-state index is 12.5. The standard InChI is InChI=1S/C23H26N4O3S/c28-18-7-4-16(5-8-18)10-12-24-22(30)17-6-9-19-20(15-17)31-23(26-19)25-11-2-14-27-13-1-3-21(27)29/h4-9,15,28H,1-3,10-14H2,(H,24,30)(H,25,26). The number of phenolic OH excluding ortho intramolecular Hbond substituents is 1. The fourth-order valence-electron chi connectivity index (χ4n) is 3.63. The van der Waals surface area contributed by atoms with E-state index in [1.165, 1.54) is 11.3 Å². The molecule has 162 valence electrons.